The summed E-state index contributed by atoms with van der Waals surface area (Å²) in [6.45, 7) is 6.68. The van der Waals surface area contributed by atoms with Crippen LogP contribution in [-0.4, -0.2) is 35.2 Å². The number of ether oxygens (including phenoxy) is 2. The van der Waals surface area contributed by atoms with Crippen LogP contribution >= 0.6 is 0 Å². The van der Waals surface area contributed by atoms with Crippen molar-refractivity contribution in [3.05, 3.63) is 77.9 Å². The summed E-state index contributed by atoms with van der Waals surface area (Å²) in [7, 11) is -1.42. The summed E-state index contributed by atoms with van der Waals surface area (Å²) in [5.74, 6) is -3.87. The van der Waals surface area contributed by atoms with Crippen molar-refractivity contribution in [2.24, 2.45) is 0 Å². The van der Waals surface area contributed by atoms with Crippen LogP contribution in [0.15, 0.2) is 55.0 Å². The number of alkyl halides is 3. The van der Waals surface area contributed by atoms with Gasteiger partial charge in [-0.15, -0.1) is 0 Å². The summed E-state index contributed by atoms with van der Waals surface area (Å²) in [6, 6.07) is 7.86. The predicted molar refractivity (Wildman–Crippen MR) is 145 cm³/mol. The van der Waals surface area contributed by atoms with Crippen molar-refractivity contribution in [2.75, 3.05) is 11.9 Å². The van der Waals surface area contributed by atoms with E-state index in [4.69, 9.17) is 9.47 Å². The molecule has 3 heterocycles. The first-order valence-corrected chi connectivity index (χ1v) is 16.3. The van der Waals surface area contributed by atoms with Crippen LogP contribution in [0.5, 0.6) is 11.5 Å². The number of benzene rings is 1. The Morgan fingerprint density at radius 2 is 1.78 bits per heavy atom. The molecule has 14 heteroatoms. The van der Waals surface area contributed by atoms with Crippen LogP contribution in [0.2, 0.25) is 25.7 Å². The van der Waals surface area contributed by atoms with Gasteiger partial charge in [-0.3, -0.25) is 4.98 Å². The molecule has 0 aliphatic carbocycles. The fourth-order valence-electron chi connectivity index (χ4n) is 3.81. The lowest BCUT2D eigenvalue weighted by molar-refractivity contribution is -0.136. The van der Waals surface area contributed by atoms with Crippen molar-refractivity contribution in [1.82, 2.24) is 19.9 Å². The highest BCUT2D eigenvalue weighted by atomic mass is 28.3. The molecule has 0 saturated heterocycles. The number of rotatable bonds is 10. The quantitative estimate of drug-likeness (QED) is 0.116. The Labute approximate surface area is 233 Å². The third-order valence-electron chi connectivity index (χ3n) is 5.88. The van der Waals surface area contributed by atoms with E-state index in [-0.39, 0.29) is 24.6 Å². The molecule has 218 valence electrons. The Kier molecular flexibility index (Phi) is 8.92. The number of anilines is 1. The van der Waals surface area contributed by atoms with Gasteiger partial charge >= 0.3 is 12.2 Å². The van der Waals surface area contributed by atoms with Gasteiger partial charge in [-0.05, 0) is 24.2 Å². The lowest BCUT2D eigenvalue weighted by atomic mass is 10.2. The highest BCUT2D eigenvalue weighted by Gasteiger charge is 2.37. The van der Waals surface area contributed by atoms with Gasteiger partial charge in [-0.1, -0.05) is 25.7 Å². The summed E-state index contributed by atoms with van der Waals surface area (Å²) in [5.41, 5.74) is -0.874. The fourth-order valence-corrected chi connectivity index (χ4v) is 4.57. The van der Waals surface area contributed by atoms with Crippen LogP contribution in [0.3, 0.4) is 0 Å². The van der Waals surface area contributed by atoms with Crippen molar-refractivity contribution in [3.63, 3.8) is 0 Å². The number of aromatic nitrogens is 3. The second-order valence-electron chi connectivity index (χ2n) is 10.4. The normalized spacial score (nSPS) is 12.0. The summed E-state index contributed by atoms with van der Waals surface area (Å²) < 4.78 is 83.9. The molecular weight excluding hydrogens is 565 g/mol. The minimum atomic E-state index is -4.81. The highest BCUT2D eigenvalue weighted by Crippen LogP contribution is 2.42. The number of carbonyl (C=O) groups is 1. The van der Waals surface area contributed by atoms with Crippen LogP contribution in [0.4, 0.5) is 32.4 Å². The van der Waals surface area contributed by atoms with E-state index in [0.717, 1.165) is 30.4 Å². The first kappa shape index (κ1) is 29.9. The number of pyridine rings is 2. The van der Waals surface area contributed by atoms with E-state index in [2.05, 4.69) is 40.2 Å². The van der Waals surface area contributed by atoms with Gasteiger partial charge in [0.1, 0.15) is 18.1 Å². The van der Waals surface area contributed by atoms with E-state index in [1.54, 1.807) is 24.4 Å². The smallest absolute Gasteiger partial charge is 0.418 e. The van der Waals surface area contributed by atoms with Gasteiger partial charge in [-0.25, -0.2) is 18.6 Å². The first-order chi connectivity index (χ1) is 19.3. The zero-order valence-corrected chi connectivity index (χ0v) is 23.5. The van der Waals surface area contributed by atoms with Crippen LogP contribution in [-0.2, 0) is 24.2 Å². The molecule has 0 atom stereocenters. The fraction of sp³-hybridized carbons (Fsp3) is 0.296. The largest absolute Gasteiger partial charge is 0.450 e. The van der Waals surface area contributed by atoms with Gasteiger partial charge in [0.2, 0.25) is 0 Å². The molecule has 0 aliphatic rings. The SMILES string of the molecule is C[Si](C)(C)CCOCn1cc(C(F)(F)F)c2c(Oc3c(F)cc(NC(=O)NCc4ccccn4)cc3F)ccnc21. The zero-order chi connectivity index (χ0) is 29.8. The maximum absolute atomic E-state index is 14.9. The van der Waals surface area contributed by atoms with Crippen LogP contribution in [0.1, 0.15) is 11.3 Å². The number of hydrogen-bond acceptors (Lipinski definition) is 5. The molecule has 3 aromatic heterocycles. The van der Waals surface area contributed by atoms with E-state index in [0.29, 0.717) is 12.3 Å². The highest BCUT2D eigenvalue weighted by molar-refractivity contribution is 6.76. The van der Waals surface area contributed by atoms with Crippen molar-refractivity contribution in [1.29, 1.82) is 0 Å². The Hall–Kier alpha value is -4.04. The number of amides is 2. The predicted octanol–water partition coefficient (Wildman–Crippen LogP) is 7.15. The lowest BCUT2D eigenvalue weighted by Gasteiger charge is -2.15. The van der Waals surface area contributed by atoms with E-state index in [9.17, 15) is 26.7 Å². The molecule has 2 amide bonds. The van der Waals surface area contributed by atoms with E-state index >= 15 is 0 Å². The first-order valence-electron chi connectivity index (χ1n) is 12.6. The third kappa shape index (κ3) is 7.79. The van der Waals surface area contributed by atoms with Crippen molar-refractivity contribution in [3.8, 4) is 11.5 Å². The van der Waals surface area contributed by atoms with Gasteiger partial charge in [0, 0.05) is 51.1 Å². The monoisotopic (exact) mass is 593 g/mol. The van der Waals surface area contributed by atoms with E-state index in [1.165, 1.54) is 10.8 Å². The Morgan fingerprint density at radius 1 is 1.05 bits per heavy atom. The van der Waals surface area contributed by atoms with Crippen LogP contribution < -0.4 is 15.4 Å². The van der Waals surface area contributed by atoms with Crippen molar-refractivity contribution < 1.29 is 36.2 Å². The van der Waals surface area contributed by atoms with Gasteiger partial charge in [0.25, 0.3) is 0 Å². The number of carbonyl (C=O) groups excluding carboxylic acids is 1. The second kappa shape index (κ2) is 12.2. The number of fused-ring (bicyclic) bond motifs is 1. The number of nitrogens with zero attached hydrogens (tertiary/aromatic N) is 3. The van der Waals surface area contributed by atoms with Gasteiger partial charge in [0.05, 0.1) is 23.2 Å². The summed E-state index contributed by atoms with van der Waals surface area (Å²) in [4.78, 5) is 20.2. The standard InChI is InChI=1S/C27H28F5N5O3Si/c1-41(2,3)11-10-39-16-37-15-19(27(30,31)32)23-22(7-9-34-25(23)37)40-24-20(28)12-18(13-21(24)29)36-26(38)35-14-17-6-4-5-8-33-17/h4-9,12-13,15H,10-11,14,16H2,1-3H3,(H2,35,36,38). The van der Waals surface area contributed by atoms with Gasteiger partial charge in [0.15, 0.2) is 17.4 Å². The minimum Gasteiger partial charge on any atom is -0.450 e. The maximum Gasteiger partial charge on any atom is 0.418 e. The van der Waals surface area contributed by atoms with E-state index < -0.39 is 54.4 Å². The molecule has 2 N–H and O–H groups in total. The third-order valence-corrected chi connectivity index (χ3v) is 7.58. The Balaban J connectivity index is 1.55. The summed E-state index contributed by atoms with van der Waals surface area (Å²) in [6.07, 6.45) is -1.25. The van der Waals surface area contributed by atoms with Gasteiger partial charge in [-0.2, -0.15) is 13.2 Å². The maximum atomic E-state index is 14.9. The Morgan fingerprint density at radius 3 is 2.41 bits per heavy atom. The number of hydrogen-bond donors (Lipinski definition) is 2. The van der Waals surface area contributed by atoms with Crippen molar-refractivity contribution >= 4 is 30.8 Å². The summed E-state index contributed by atoms with van der Waals surface area (Å²) >= 11 is 0. The molecule has 0 saturated carbocycles. The second-order valence-corrected chi connectivity index (χ2v) is 16.0. The molecule has 4 rings (SSSR count). The minimum absolute atomic E-state index is 0.0709. The molecule has 41 heavy (non-hydrogen) atoms. The topological polar surface area (TPSA) is 90.3 Å². The Bertz CT molecular complexity index is 1500. The van der Waals surface area contributed by atoms with Gasteiger partial charge < -0.3 is 24.7 Å². The molecule has 0 bridgehead atoms. The van der Waals surface area contributed by atoms with Crippen LogP contribution in [0, 0.1) is 11.6 Å². The van der Waals surface area contributed by atoms with Crippen molar-refractivity contribution in [2.45, 2.75) is 45.1 Å². The molecule has 8 nitrogen and oxygen atoms in total. The zero-order valence-electron chi connectivity index (χ0n) is 22.5. The van der Waals surface area contributed by atoms with Crippen LogP contribution in [0.25, 0.3) is 11.0 Å². The lowest BCUT2D eigenvalue weighted by Crippen LogP contribution is -2.28. The molecule has 0 radical (unpaired) electrons. The molecule has 0 fully saturated rings. The average molecular weight is 594 g/mol. The van der Waals surface area contributed by atoms with E-state index in [1.807, 2.05) is 0 Å². The molecule has 1 aromatic carbocycles. The summed E-state index contributed by atoms with van der Waals surface area (Å²) in [5, 5.41) is 4.32. The molecule has 0 spiro atoms. The number of halogens is 5. The number of urea groups is 1. The molecule has 0 aliphatic heterocycles. The molecule has 0 unspecified atom stereocenters. The molecular formula is C27H28F5N5O3Si. The molecule has 4 aromatic rings. The average Bonchev–Trinajstić information content (AvgIpc) is 3.28. The number of nitrogens with one attached hydrogen (secondary N) is 2.